The van der Waals surface area contributed by atoms with Crippen molar-refractivity contribution < 1.29 is 14.3 Å². The summed E-state index contributed by atoms with van der Waals surface area (Å²) in [5.41, 5.74) is 0.0277. The van der Waals surface area contributed by atoms with Gasteiger partial charge in [0.1, 0.15) is 10.6 Å². The summed E-state index contributed by atoms with van der Waals surface area (Å²) in [6.45, 7) is 8.98. The molecule has 1 aromatic heterocycles. The number of ether oxygens (including phenoxy) is 1. The molecule has 3 aliphatic heterocycles. The summed E-state index contributed by atoms with van der Waals surface area (Å²) >= 11 is 1.55. The molecule has 1 spiro atoms. The summed E-state index contributed by atoms with van der Waals surface area (Å²) in [5.74, 6) is -0.889. The first kappa shape index (κ1) is 17.7. The smallest absolute Gasteiger partial charge is 0.230 e. The Bertz CT molecular complexity index is 796. The van der Waals surface area contributed by atoms with Gasteiger partial charge in [0.25, 0.3) is 0 Å². The van der Waals surface area contributed by atoms with Gasteiger partial charge in [0, 0.05) is 23.7 Å². The van der Waals surface area contributed by atoms with Gasteiger partial charge in [-0.05, 0) is 27.7 Å². The highest BCUT2D eigenvalue weighted by atomic mass is 32.1. The third-order valence-corrected chi connectivity index (χ3v) is 6.56. The SMILES string of the molecule is Cc1csc(CN(C)C(=O)[C@H]2[C@@H]3C=C[C@@]4(CN(C(C)(C)C)C(=O)[C@@H]24)O3)n1. The molecule has 3 aliphatic rings. The van der Waals surface area contributed by atoms with E-state index in [1.54, 1.807) is 23.3 Å². The van der Waals surface area contributed by atoms with Crippen molar-refractivity contribution in [1.29, 1.82) is 0 Å². The maximum atomic E-state index is 13.2. The van der Waals surface area contributed by atoms with Crippen LogP contribution in [0.2, 0.25) is 0 Å². The average Bonchev–Trinajstić information content (AvgIpc) is 3.27. The molecule has 26 heavy (non-hydrogen) atoms. The van der Waals surface area contributed by atoms with Gasteiger partial charge in [-0.25, -0.2) is 4.98 Å². The van der Waals surface area contributed by atoms with Crippen LogP contribution in [-0.4, -0.2) is 57.4 Å². The van der Waals surface area contributed by atoms with E-state index >= 15 is 0 Å². The van der Waals surface area contributed by atoms with Gasteiger partial charge in [0.15, 0.2) is 0 Å². The number of fused-ring (bicyclic) bond motifs is 1. The zero-order chi connectivity index (χ0) is 18.9. The molecule has 2 fully saturated rings. The zero-order valence-electron chi connectivity index (χ0n) is 15.9. The predicted octanol–water partition coefficient (Wildman–Crippen LogP) is 1.99. The molecule has 0 saturated carbocycles. The van der Waals surface area contributed by atoms with Crippen molar-refractivity contribution in [3.05, 3.63) is 28.2 Å². The van der Waals surface area contributed by atoms with E-state index in [1.807, 2.05) is 50.1 Å². The molecule has 4 heterocycles. The van der Waals surface area contributed by atoms with Gasteiger partial charge in [-0.15, -0.1) is 11.3 Å². The highest BCUT2D eigenvalue weighted by Gasteiger charge is 2.68. The van der Waals surface area contributed by atoms with E-state index in [9.17, 15) is 9.59 Å². The fourth-order valence-electron chi connectivity index (χ4n) is 4.36. The van der Waals surface area contributed by atoms with E-state index < -0.39 is 17.4 Å². The molecule has 7 heteroatoms. The van der Waals surface area contributed by atoms with Gasteiger partial charge in [0.05, 0.1) is 31.0 Å². The van der Waals surface area contributed by atoms with Crippen molar-refractivity contribution in [3.8, 4) is 0 Å². The average molecular weight is 375 g/mol. The number of carbonyl (C=O) groups is 2. The van der Waals surface area contributed by atoms with Crippen molar-refractivity contribution in [2.75, 3.05) is 13.6 Å². The van der Waals surface area contributed by atoms with Crippen LogP contribution in [-0.2, 0) is 20.9 Å². The third kappa shape index (κ3) is 2.52. The standard InChI is InChI=1S/C19H25N3O3S/c1-11-9-26-13(20-11)8-21(5)16(23)14-12-6-7-19(25-12)10-22(18(2,3)4)17(24)15(14)19/h6-7,9,12,14-15H,8,10H2,1-5H3/t12-,14-,15+,19-/m0/s1. The minimum Gasteiger partial charge on any atom is -0.360 e. The summed E-state index contributed by atoms with van der Waals surface area (Å²) in [7, 11) is 1.78. The number of nitrogens with zero attached hydrogens (tertiary/aromatic N) is 3. The largest absolute Gasteiger partial charge is 0.360 e. The third-order valence-electron chi connectivity index (χ3n) is 5.61. The fraction of sp³-hybridized carbons (Fsp3) is 0.632. The molecular formula is C19H25N3O3S. The van der Waals surface area contributed by atoms with Crippen LogP contribution in [0.1, 0.15) is 31.5 Å². The Hall–Kier alpha value is -1.73. The first-order chi connectivity index (χ1) is 12.1. The van der Waals surface area contributed by atoms with Crippen LogP contribution in [0, 0.1) is 18.8 Å². The van der Waals surface area contributed by atoms with Crippen molar-refractivity contribution in [3.63, 3.8) is 0 Å². The number of amides is 2. The van der Waals surface area contributed by atoms with Crippen molar-refractivity contribution >= 4 is 23.2 Å². The van der Waals surface area contributed by atoms with Gasteiger partial charge < -0.3 is 14.5 Å². The van der Waals surface area contributed by atoms with Gasteiger partial charge in [-0.1, -0.05) is 12.2 Å². The molecule has 6 nitrogen and oxygen atoms in total. The topological polar surface area (TPSA) is 62.7 Å². The lowest BCUT2D eigenvalue weighted by Gasteiger charge is -2.34. The molecule has 1 aromatic rings. The van der Waals surface area contributed by atoms with Crippen molar-refractivity contribution in [1.82, 2.24) is 14.8 Å². The molecule has 2 amide bonds. The highest BCUT2D eigenvalue weighted by molar-refractivity contribution is 7.09. The number of carbonyl (C=O) groups excluding carboxylic acids is 2. The molecule has 4 atom stereocenters. The van der Waals surface area contributed by atoms with Gasteiger partial charge in [0.2, 0.25) is 11.8 Å². The Labute approximate surface area is 157 Å². The lowest BCUT2D eigenvalue weighted by atomic mass is 9.76. The van der Waals surface area contributed by atoms with Crippen LogP contribution in [0.15, 0.2) is 17.5 Å². The van der Waals surface area contributed by atoms with Crippen LogP contribution in [0.3, 0.4) is 0 Å². The molecule has 0 N–H and O–H groups in total. The van der Waals surface area contributed by atoms with Crippen LogP contribution < -0.4 is 0 Å². The van der Waals surface area contributed by atoms with Gasteiger partial charge >= 0.3 is 0 Å². The van der Waals surface area contributed by atoms with E-state index in [4.69, 9.17) is 4.74 Å². The van der Waals surface area contributed by atoms with E-state index in [-0.39, 0.29) is 23.5 Å². The molecule has 0 unspecified atom stereocenters. The number of thiazole rings is 1. The first-order valence-corrected chi connectivity index (χ1v) is 9.85. The van der Waals surface area contributed by atoms with E-state index in [0.717, 1.165) is 10.7 Å². The molecule has 0 radical (unpaired) electrons. The maximum Gasteiger partial charge on any atom is 0.230 e. The molecule has 2 bridgehead atoms. The maximum absolute atomic E-state index is 13.2. The Kier molecular flexibility index (Phi) is 3.83. The first-order valence-electron chi connectivity index (χ1n) is 8.97. The number of aromatic nitrogens is 1. The summed E-state index contributed by atoms with van der Waals surface area (Å²) in [6, 6.07) is 0. The van der Waals surface area contributed by atoms with Crippen molar-refractivity contribution in [2.45, 2.75) is 51.5 Å². The number of likely N-dealkylation sites (tertiary alicyclic amines) is 1. The predicted molar refractivity (Wildman–Crippen MR) is 98.5 cm³/mol. The molecular weight excluding hydrogens is 350 g/mol. The second kappa shape index (κ2) is 5.63. The van der Waals surface area contributed by atoms with Gasteiger partial charge in [-0.3, -0.25) is 9.59 Å². The quantitative estimate of drug-likeness (QED) is 0.758. The Balaban J connectivity index is 1.58. The number of aryl methyl sites for hydroxylation is 1. The number of rotatable bonds is 3. The van der Waals surface area contributed by atoms with Crippen LogP contribution in [0.25, 0.3) is 0 Å². The normalized spacial score (nSPS) is 32.4. The molecule has 2 saturated heterocycles. The highest BCUT2D eigenvalue weighted by Crippen LogP contribution is 2.53. The van der Waals surface area contributed by atoms with Crippen LogP contribution >= 0.6 is 11.3 Å². The second-order valence-electron chi connectivity index (χ2n) is 8.57. The Morgan fingerprint density at radius 1 is 1.50 bits per heavy atom. The van der Waals surface area contributed by atoms with E-state index in [2.05, 4.69) is 4.98 Å². The second-order valence-corrected chi connectivity index (χ2v) is 9.51. The monoisotopic (exact) mass is 375 g/mol. The minimum atomic E-state index is -0.645. The molecule has 140 valence electrons. The summed E-state index contributed by atoms with van der Waals surface area (Å²) in [4.78, 5) is 34.3. The lowest BCUT2D eigenvalue weighted by Crippen LogP contribution is -2.47. The molecule has 0 aliphatic carbocycles. The number of hydrogen-bond donors (Lipinski definition) is 0. The van der Waals surface area contributed by atoms with Crippen LogP contribution in [0.5, 0.6) is 0 Å². The lowest BCUT2D eigenvalue weighted by molar-refractivity contribution is -0.144. The summed E-state index contributed by atoms with van der Waals surface area (Å²) in [5, 5.41) is 2.88. The zero-order valence-corrected chi connectivity index (χ0v) is 16.7. The molecule has 0 aromatic carbocycles. The van der Waals surface area contributed by atoms with Gasteiger partial charge in [-0.2, -0.15) is 0 Å². The van der Waals surface area contributed by atoms with Crippen molar-refractivity contribution in [2.24, 2.45) is 11.8 Å². The summed E-state index contributed by atoms with van der Waals surface area (Å²) < 4.78 is 6.18. The fourth-order valence-corrected chi connectivity index (χ4v) is 5.18. The Morgan fingerprint density at radius 3 is 2.85 bits per heavy atom. The van der Waals surface area contributed by atoms with E-state index in [1.165, 1.54) is 0 Å². The Morgan fingerprint density at radius 2 is 2.23 bits per heavy atom. The summed E-state index contributed by atoms with van der Waals surface area (Å²) in [6.07, 6.45) is 3.65. The number of hydrogen-bond acceptors (Lipinski definition) is 5. The minimum absolute atomic E-state index is 0.0289. The van der Waals surface area contributed by atoms with E-state index in [0.29, 0.717) is 13.1 Å². The molecule has 4 rings (SSSR count). The van der Waals surface area contributed by atoms with Crippen LogP contribution in [0.4, 0.5) is 0 Å².